The van der Waals surface area contributed by atoms with Crippen LogP contribution in [0, 0.1) is 5.92 Å². The predicted molar refractivity (Wildman–Crippen MR) is 134 cm³/mol. The molecule has 1 fully saturated rings. The van der Waals surface area contributed by atoms with Crippen LogP contribution in [0.5, 0.6) is 0 Å². The monoisotopic (exact) mass is 473 g/mol. The lowest BCUT2D eigenvalue weighted by molar-refractivity contribution is -0.119. The van der Waals surface area contributed by atoms with Gasteiger partial charge in [-0.15, -0.1) is 0 Å². The van der Waals surface area contributed by atoms with Crippen LogP contribution in [-0.2, 0) is 4.79 Å². The number of anilines is 1. The first-order chi connectivity index (χ1) is 15.4. The van der Waals surface area contributed by atoms with Crippen molar-refractivity contribution < 1.29 is 4.79 Å². The molecule has 1 aliphatic heterocycles. The summed E-state index contributed by atoms with van der Waals surface area (Å²) >= 11 is 7.57. The van der Waals surface area contributed by atoms with Crippen LogP contribution < -0.4 is 10.2 Å². The second kappa shape index (κ2) is 12.2. The number of nitrogens with zero attached hydrogens (tertiary/aromatic N) is 4. The van der Waals surface area contributed by atoms with Crippen molar-refractivity contribution in [3.8, 4) is 0 Å². The van der Waals surface area contributed by atoms with Gasteiger partial charge < -0.3 is 10.2 Å². The summed E-state index contributed by atoms with van der Waals surface area (Å²) in [6, 6.07) is 12.3. The summed E-state index contributed by atoms with van der Waals surface area (Å²) in [5, 5.41) is 3.94. The minimum Gasteiger partial charge on any atom is -0.354 e. The van der Waals surface area contributed by atoms with Gasteiger partial charge in [0.2, 0.25) is 5.91 Å². The summed E-state index contributed by atoms with van der Waals surface area (Å²) < 4.78 is 0. The number of carbonyl (C=O) groups is 1. The Bertz CT molecular complexity index is 901. The van der Waals surface area contributed by atoms with Crippen LogP contribution in [0.4, 0.5) is 5.82 Å². The van der Waals surface area contributed by atoms with E-state index in [1.54, 1.807) is 6.07 Å². The molecule has 6 nitrogen and oxygen atoms in total. The molecule has 1 aromatic carbocycles. The number of benzene rings is 1. The van der Waals surface area contributed by atoms with E-state index < -0.39 is 0 Å². The molecular weight excluding hydrogens is 442 g/mol. The molecule has 8 heteroatoms. The lowest BCUT2D eigenvalue weighted by atomic mass is 10.1. The lowest BCUT2D eigenvalue weighted by Crippen LogP contribution is -2.46. The van der Waals surface area contributed by atoms with E-state index in [0.29, 0.717) is 16.2 Å². The van der Waals surface area contributed by atoms with E-state index in [2.05, 4.69) is 75.3 Å². The number of aromatic nitrogens is 2. The van der Waals surface area contributed by atoms with Gasteiger partial charge in [-0.25, -0.2) is 9.97 Å². The Morgan fingerprint density at radius 2 is 1.88 bits per heavy atom. The molecule has 2 heterocycles. The maximum atomic E-state index is 12.2. The first-order valence-corrected chi connectivity index (χ1v) is 12.4. The zero-order chi connectivity index (χ0) is 22.9. The van der Waals surface area contributed by atoms with Crippen molar-refractivity contribution >= 4 is 41.2 Å². The lowest BCUT2D eigenvalue weighted by Gasteiger charge is -2.35. The Morgan fingerprint density at radius 1 is 1.16 bits per heavy atom. The van der Waals surface area contributed by atoms with Crippen molar-refractivity contribution in [3.05, 3.63) is 53.2 Å². The molecule has 1 atom stereocenters. The predicted octanol–water partition coefficient (Wildman–Crippen LogP) is 4.22. The van der Waals surface area contributed by atoms with Crippen molar-refractivity contribution in [2.75, 3.05) is 43.4 Å². The first-order valence-electron chi connectivity index (χ1n) is 11.1. The average molecular weight is 474 g/mol. The largest absolute Gasteiger partial charge is 0.354 e. The average Bonchev–Trinajstić information content (AvgIpc) is 2.78. The topological polar surface area (TPSA) is 61.4 Å². The van der Waals surface area contributed by atoms with Crippen molar-refractivity contribution in [1.82, 2.24) is 20.2 Å². The Hall–Kier alpha value is -2.09. The van der Waals surface area contributed by atoms with Gasteiger partial charge in [0.15, 0.2) is 5.16 Å². The fourth-order valence-electron chi connectivity index (χ4n) is 3.27. The third kappa shape index (κ3) is 7.80. The van der Waals surface area contributed by atoms with Crippen LogP contribution in [0.3, 0.4) is 0 Å². The van der Waals surface area contributed by atoms with E-state index in [1.165, 1.54) is 17.3 Å². The van der Waals surface area contributed by atoms with E-state index in [4.69, 9.17) is 11.6 Å². The number of hydrogen-bond donors (Lipinski definition) is 1. The summed E-state index contributed by atoms with van der Waals surface area (Å²) in [6.07, 6.45) is 4.38. The Balaban J connectivity index is 1.49. The Morgan fingerprint density at radius 3 is 2.56 bits per heavy atom. The minimum atomic E-state index is -0.0153. The van der Waals surface area contributed by atoms with Gasteiger partial charge in [-0.1, -0.05) is 79.7 Å². The van der Waals surface area contributed by atoms with Crippen LogP contribution >= 0.6 is 23.4 Å². The van der Waals surface area contributed by atoms with Gasteiger partial charge in [-0.05, 0) is 18.4 Å². The molecule has 0 radical (unpaired) electrons. The molecule has 2 aromatic rings. The van der Waals surface area contributed by atoms with Crippen molar-refractivity contribution in [3.63, 3.8) is 0 Å². The number of rotatable bonds is 9. The van der Waals surface area contributed by atoms with E-state index in [0.717, 1.165) is 38.5 Å². The fraction of sp³-hybridized carbons (Fsp3) is 0.458. The first kappa shape index (κ1) is 24.6. The van der Waals surface area contributed by atoms with Crippen LogP contribution in [0.2, 0.25) is 5.15 Å². The molecule has 0 bridgehead atoms. The molecule has 1 aliphatic rings. The van der Waals surface area contributed by atoms with Gasteiger partial charge in [0, 0.05) is 44.8 Å². The van der Waals surface area contributed by atoms with Crippen molar-refractivity contribution in [1.29, 1.82) is 0 Å². The number of thioether (sulfide) groups is 1. The minimum absolute atomic E-state index is 0.0153. The number of nitrogens with one attached hydrogen (secondary N) is 1. The highest BCUT2D eigenvalue weighted by Gasteiger charge is 2.19. The highest BCUT2D eigenvalue weighted by molar-refractivity contribution is 7.99. The molecule has 3 rings (SSSR count). The molecule has 0 aliphatic carbocycles. The fourth-order valence-corrected chi connectivity index (χ4v) is 4.16. The number of carbonyl (C=O) groups excluding carboxylic acids is 1. The molecule has 1 amide bonds. The van der Waals surface area contributed by atoms with Crippen LogP contribution in [0.15, 0.2) is 47.6 Å². The normalized spacial score (nSPS) is 16.0. The third-order valence-electron chi connectivity index (χ3n) is 5.55. The second-order valence-electron chi connectivity index (χ2n) is 8.32. The number of amides is 1. The van der Waals surface area contributed by atoms with E-state index in [9.17, 15) is 4.79 Å². The zero-order valence-corrected chi connectivity index (χ0v) is 20.6. The van der Waals surface area contributed by atoms with Gasteiger partial charge in [0.1, 0.15) is 11.0 Å². The van der Waals surface area contributed by atoms with Crippen LogP contribution in [0.25, 0.3) is 6.08 Å². The molecule has 172 valence electrons. The molecular formula is C24H32ClN5OS. The van der Waals surface area contributed by atoms with Crippen molar-refractivity contribution in [2.45, 2.75) is 32.0 Å². The maximum Gasteiger partial charge on any atom is 0.230 e. The third-order valence-corrected chi connectivity index (χ3v) is 6.59. The van der Waals surface area contributed by atoms with Gasteiger partial charge in [0.05, 0.1) is 5.75 Å². The summed E-state index contributed by atoms with van der Waals surface area (Å²) in [5.41, 5.74) is 1.22. The van der Waals surface area contributed by atoms with Gasteiger partial charge in [-0.3, -0.25) is 9.69 Å². The second-order valence-corrected chi connectivity index (χ2v) is 9.65. The highest BCUT2D eigenvalue weighted by atomic mass is 35.5. The molecule has 1 N–H and O–H groups in total. The molecule has 1 unspecified atom stereocenters. The van der Waals surface area contributed by atoms with Crippen LogP contribution in [-0.4, -0.2) is 65.3 Å². The van der Waals surface area contributed by atoms with E-state index in [-0.39, 0.29) is 17.7 Å². The SMILES string of the molecule is CC(C)C(C)NC(=O)CSc1nc(Cl)cc(N2CCN(C/C=C/c3ccccc3)CC2)n1. The number of hydrogen-bond acceptors (Lipinski definition) is 6. The standard InChI is InChI=1S/C24H32ClN5OS/c1-18(2)19(3)26-23(31)17-32-24-27-21(25)16-22(28-24)30-14-12-29(13-15-30)11-7-10-20-8-5-4-6-9-20/h4-10,16,18-19H,11-15,17H2,1-3H3,(H,26,31)/b10-7+. The quantitative estimate of drug-likeness (QED) is 0.334. The highest BCUT2D eigenvalue weighted by Crippen LogP contribution is 2.23. The smallest absolute Gasteiger partial charge is 0.230 e. The summed E-state index contributed by atoms with van der Waals surface area (Å²) in [5.74, 6) is 1.48. The van der Waals surface area contributed by atoms with E-state index in [1.807, 2.05) is 13.0 Å². The van der Waals surface area contributed by atoms with Gasteiger partial charge >= 0.3 is 0 Å². The molecule has 32 heavy (non-hydrogen) atoms. The summed E-state index contributed by atoms with van der Waals surface area (Å²) in [4.78, 5) is 25.8. The summed E-state index contributed by atoms with van der Waals surface area (Å²) in [6.45, 7) is 10.8. The van der Waals surface area contributed by atoms with Crippen molar-refractivity contribution in [2.24, 2.45) is 5.92 Å². The number of piperazine rings is 1. The molecule has 0 saturated carbocycles. The van der Waals surface area contributed by atoms with Gasteiger partial charge in [-0.2, -0.15) is 0 Å². The zero-order valence-electron chi connectivity index (χ0n) is 19.0. The molecule has 1 aromatic heterocycles. The van der Waals surface area contributed by atoms with Gasteiger partial charge in [0.25, 0.3) is 0 Å². The Kier molecular flexibility index (Phi) is 9.38. The Labute approximate surface area is 200 Å². The number of halogens is 1. The van der Waals surface area contributed by atoms with E-state index >= 15 is 0 Å². The molecule has 1 saturated heterocycles. The van der Waals surface area contributed by atoms with Crippen LogP contribution in [0.1, 0.15) is 26.3 Å². The summed E-state index contributed by atoms with van der Waals surface area (Å²) in [7, 11) is 0. The maximum absolute atomic E-state index is 12.2. The molecule has 0 spiro atoms.